The van der Waals surface area contributed by atoms with E-state index in [-0.39, 0.29) is 11.9 Å². The number of carbonyl (C=O) groups excluding carboxylic acids is 1. The average molecular weight is 280 g/mol. The molecule has 104 valence electrons. The van der Waals surface area contributed by atoms with Crippen LogP contribution < -0.4 is 5.73 Å². The fourth-order valence-electron chi connectivity index (χ4n) is 2.20. The van der Waals surface area contributed by atoms with Gasteiger partial charge in [0, 0.05) is 11.4 Å². The molecular weight excluding hydrogens is 260 g/mol. The lowest BCUT2D eigenvalue weighted by Gasteiger charge is -2.25. The quantitative estimate of drug-likeness (QED) is 0.660. The second-order valence-electron chi connectivity index (χ2n) is 5.22. The molecule has 1 aliphatic rings. The van der Waals surface area contributed by atoms with Crippen LogP contribution in [0.4, 0.5) is 0 Å². The largest absolute Gasteiger partial charge is 0.468 e. The van der Waals surface area contributed by atoms with Crippen LogP contribution >= 0.6 is 11.8 Å². The van der Waals surface area contributed by atoms with Crippen LogP contribution in [0.1, 0.15) is 24.1 Å². The van der Waals surface area contributed by atoms with E-state index < -0.39 is 5.54 Å². The molecule has 0 bridgehead atoms. The Kier molecular flexibility index (Phi) is 4.16. The van der Waals surface area contributed by atoms with Gasteiger partial charge in [-0.3, -0.25) is 4.79 Å². The van der Waals surface area contributed by atoms with E-state index in [1.165, 1.54) is 24.4 Å². The summed E-state index contributed by atoms with van der Waals surface area (Å²) in [5.41, 5.74) is 7.53. The van der Waals surface area contributed by atoms with Gasteiger partial charge in [0.05, 0.1) is 12.1 Å². The Balaban J connectivity index is 2.08. The van der Waals surface area contributed by atoms with Crippen LogP contribution in [0, 0.1) is 19.8 Å². The number of carbonyl (C=O) groups is 1. The summed E-state index contributed by atoms with van der Waals surface area (Å²) >= 11 is 1.53. The number of hydrogen-bond acceptors (Lipinski definition) is 5. The molecule has 1 heterocycles. The molecule has 1 unspecified atom stereocenters. The number of rotatable bonds is 5. The zero-order chi connectivity index (χ0) is 14.0. The first kappa shape index (κ1) is 14.3. The first-order valence-corrected chi connectivity index (χ1v) is 7.39. The lowest BCUT2D eigenvalue weighted by Crippen LogP contribution is -2.53. The molecule has 1 atom stereocenters. The standard InChI is InChI=1S/C14H20N2O2S/c1-9-6-10(2)16-12(7-9)19-8-14(15,11-4-5-11)13(17)18-3/h6-7,11H,4-5,8,15H2,1-3H3. The number of aryl methyl sites for hydroxylation is 2. The highest BCUT2D eigenvalue weighted by Gasteiger charge is 2.48. The third-order valence-electron chi connectivity index (χ3n) is 3.40. The summed E-state index contributed by atoms with van der Waals surface area (Å²) in [6.45, 7) is 4.00. The minimum atomic E-state index is -0.876. The van der Waals surface area contributed by atoms with Gasteiger partial charge < -0.3 is 10.5 Å². The number of pyridine rings is 1. The van der Waals surface area contributed by atoms with Crippen LogP contribution in [0.15, 0.2) is 17.2 Å². The van der Waals surface area contributed by atoms with Gasteiger partial charge in [0.25, 0.3) is 0 Å². The summed E-state index contributed by atoms with van der Waals surface area (Å²) in [7, 11) is 1.39. The molecule has 0 aliphatic heterocycles. The highest BCUT2D eigenvalue weighted by atomic mass is 32.2. The number of aromatic nitrogens is 1. The van der Waals surface area contributed by atoms with Crippen molar-refractivity contribution in [3.05, 3.63) is 23.4 Å². The van der Waals surface area contributed by atoms with Crippen molar-refractivity contribution in [3.8, 4) is 0 Å². The molecule has 2 N–H and O–H groups in total. The van der Waals surface area contributed by atoms with Gasteiger partial charge in [-0.1, -0.05) is 0 Å². The molecule has 1 aromatic rings. The van der Waals surface area contributed by atoms with E-state index in [1.807, 2.05) is 26.0 Å². The molecule has 0 radical (unpaired) electrons. The zero-order valence-electron chi connectivity index (χ0n) is 11.6. The Bertz CT molecular complexity index is 468. The second-order valence-corrected chi connectivity index (χ2v) is 6.21. The van der Waals surface area contributed by atoms with Crippen LogP contribution in [-0.4, -0.2) is 29.4 Å². The Morgan fingerprint density at radius 1 is 1.53 bits per heavy atom. The minimum Gasteiger partial charge on any atom is -0.468 e. The predicted molar refractivity (Wildman–Crippen MR) is 76.1 cm³/mol. The Hall–Kier alpha value is -1.07. The summed E-state index contributed by atoms with van der Waals surface area (Å²) in [6.07, 6.45) is 2.01. The van der Waals surface area contributed by atoms with Crippen molar-refractivity contribution in [2.75, 3.05) is 12.9 Å². The lowest BCUT2D eigenvalue weighted by molar-refractivity contribution is -0.146. The molecule has 0 amide bonds. The van der Waals surface area contributed by atoms with E-state index in [9.17, 15) is 4.79 Å². The van der Waals surface area contributed by atoms with Crippen molar-refractivity contribution in [1.82, 2.24) is 4.98 Å². The van der Waals surface area contributed by atoms with Crippen molar-refractivity contribution in [3.63, 3.8) is 0 Å². The number of thioether (sulfide) groups is 1. The molecule has 5 heteroatoms. The van der Waals surface area contributed by atoms with Crippen molar-refractivity contribution in [1.29, 1.82) is 0 Å². The molecule has 19 heavy (non-hydrogen) atoms. The van der Waals surface area contributed by atoms with Crippen molar-refractivity contribution in [2.24, 2.45) is 11.7 Å². The molecule has 0 aromatic carbocycles. The Morgan fingerprint density at radius 3 is 2.74 bits per heavy atom. The molecule has 1 saturated carbocycles. The Morgan fingerprint density at radius 2 is 2.21 bits per heavy atom. The first-order valence-electron chi connectivity index (χ1n) is 6.41. The van der Waals surface area contributed by atoms with Crippen LogP contribution in [0.5, 0.6) is 0 Å². The third-order valence-corrected chi connectivity index (χ3v) is 4.53. The fourth-order valence-corrected chi connectivity index (χ4v) is 3.42. The van der Waals surface area contributed by atoms with Gasteiger partial charge in [0.15, 0.2) is 0 Å². The van der Waals surface area contributed by atoms with Crippen LogP contribution in [0.2, 0.25) is 0 Å². The summed E-state index contributed by atoms with van der Waals surface area (Å²) < 4.78 is 4.85. The zero-order valence-corrected chi connectivity index (χ0v) is 12.4. The van der Waals surface area contributed by atoms with Gasteiger partial charge in [-0.15, -0.1) is 11.8 Å². The van der Waals surface area contributed by atoms with Gasteiger partial charge >= 0.3 is 5.97 Å². The van der Waals surface area contributed by atoms with E-state index in [2.05, 4.69) is 4.98 Å². The van der Waals surface area contributed by atoms with Crippen molar-refractivity contribution >= 4 is 17.7 Å². The fraction of sp³-hybridized carbons (Fsp3) is 0.571. The highest BCUT2D eigenvalue weighted by molar-refractivity contribution is 7.99. The number of nitrogens with two attached hydrogens (primary N) is 1. The van der Waals surface area contributed by atoms with Crippen molar-refractivity contribution in [2.45, 2.75) is 37.3 Å². The Labute approximate surface area is 118 Å². The van der Waals surface area contributed by atoms with Gasteiger partial charge in [-0.2, -0.15) is 0 Å². The summed E-state index contributed by atoms with van der Waals surface area (Å²) in [4.78, 5) is 16.3. The monoisotopic (exact) mass is 280 g/mol. The van der Waals surface area contributed by atoms with Gasteiger partial charge in [-0.25, -0.2) is 4.98 Å². The van der Waals surface area contributed by atoms with Gasteiger partial charge in [-0.05, 0) is 50.3 Å². The maximum atomic E-state index is 11.9. The van der Waals surface area contributed by atoms with Crippen LogP contribution in [0.3, 0.4) is 0 Å². The van der Waals surface area contributed by atoms with E-state index in [4.69, 9.17) is 10.5 Å². The topological polar surface area (TPSA) is 65.2 Å². The second kappa shape index (κ2) is 5.51. The van der Waals surface area contributed by atoms with E-state index in [0.29, 0.717) is 5.75 Å². The smallest absolute Gasteiger partial charge is 0.327 e. The number of ether oxygens (including phenoxy) is 1. The van der Waals surface area contributed by atoms with E-state index in [1.54, 1.807) is 0 Å². The maximum Gasteiger partial charge on any atom is 0.327 e. The van der Waals surface area contributed by atoms with Crippen molar-refractivity contribution < 1.29 is 9.53 Å². The summed E-state index contributed by atoms with van der Waals surface area (Å²) in [6, 6.07) is 4.04. The molecule has 1 aromatic heterocycles. The minimum absolute atomic E-state index is 0.248. The number of hydrogen-bond donors (Lipinski definition) is 1. The molecule has 0 spiro atoms. The molecule has 1 fully saturated rings. The normalized spacial score (nSPS) is 17.9. The van der Waals surface area contributed by atoms with E-state index in [0.717, 1.165) is 23.6 Å². The molecule has 1 aliphatic carbocycles. The maximum absolute atomic E-state index is 11.9. The number of esters is 1. The van der Waals surface area contributed by atoms with Gasteiger partial charge in [0.2, 0.25) is 0 Å². The van der Waals surface area contributed by atoms with Crippen LogP contribution in [0.25, 0.3) is 0 Å². The first-order chi connectivity index (χ1) is 8.95. The average Bonchev–Trinajstić information content (AvgIpc) is 3.18. The summed E-state index contributed by atoms with van der Waals surface area (Å²) in [5.74, 6) is 0.450. The molecule has 2 rings (SSSR count). The molecule has 4 nitrogen and oxygen atoms in total. The summed E-state index contributed by atoms with van der Waals surface area (Å²) in [5, 5.41) is 0.914. The third kappa shape index (κ3) is 3.28. The lowest BCUT2D eigenvalue weighted by atomic mass is 9.97. The number of nitrogens with zero attached hydrogens (tertiary/aromatic N) is 1. The molecule has 0 saturated heterocycles. The number of methoxy groups -OCH3 is 1. The van der Waals surface area contributed by atoms with E-state index >= 15 is 0 Å². The SMILES string of the molecule is COC(=O)C(N)(CSc1cc(C)cc(C)n1)C1CC1. The molecular formula is C14H20N2O2S. The van der Waals surface area contributed by atoms with Gasteiger partial charge in [0.1, 0.15) is 5.54 Å². The predicted octanol–water partition coefficient (Wildman–Crippen LogP) is 2.07. The van der Waals surface area contributed by atoms with Crippen LogP contribution in [-0.2, 0) is 9.53 Å². The highest BCUT2D eigenvalue weighted by Crippen LogP contribution is 2.41.